The normalized spacial score (nSPS) is 16.8. The molecule has 1 aliphatic heterocycles. The minimum absolute atomic E-state index is 0.0596. The van der Waals surface area contributed by atoms with E-state index in [-0.39, 0.29) is 17.6 Å². The SMILES string of the molecule is CC(=O)c1ccc(N2CCC(C(C)C(=O)NCCN(C)C)CC2)cc1. The quantitative estimate of drug-likeness (QED) is 0.771. The fourth-order valence-corrected chi connectivity index (χ4v) is 3.34. The summed E-state index contributed by atoms with van der Waals surface area (Å²) in [7, 11) is 4.02. The molecular formula is C20H31N3O2. The van der Waals surface area contributed by atoms with E-state index >= 15 is 0 Å². The number of likely N-dealkylation sites (N-methyl/N-ethyl adjacent to an activating group) is 1. The molecule has 1 N–H and O–H groups in total. The molecule has 0 aliphatic carbocycles. The van der Waals surface area contributed by atoms with E-state index in [2.05, 4.69) is 15.1 Å². The van der Waals surface area contributed by atoms with Crippen LogP contribution in [0.5, 0.6) is 0 Å². The van der Waals surface area contributed by atoms with Gasteiger partial charge in [-0.2, -0.15) is 0 Å². The topological polar surface area (TPSA) is 52.7 Å². The summed E-state index contributed by atoms with van der Waals surface area (Å²) in [5, 5.41) is 3.04. The van der Waals surface area contributed by atoms with Crippen molar-refractivity contribution in [3.05, 3.63) is 29.8 Å². The predicted octanol–water partition coefficient (Wildman–Crippen LogP) is 2.42. The van der Waals surface area contributed by atoms with Gasteiger partial charge in [0.15, 0.2) is 5.78 Å². The number of piperidine rings is 1. The number of hydrogen-bond acceptors (Lipinski definition) is 4. The van der Waals surface area contributed by atoms with Crippen molar-refractivity contribution in [1.82, 2.24) is 10.2 Å². The maximum atomic E-state index is 12.3. The maximum Gasteiger partial charge on any atom is 0.223 e. The van der Waals surface area contributed by atoms with Crippen LogP contribution in [0.2, 0.25) is 0 Å². The summed E-state index contributed by atoms with van der Waals surface area (Å²) >= 11 is 0. The molecule has 1 atom stereocenters. The summed E-state index contributed by atoms with van der Waals surface area (Å²) in [6.45, 7) is 7.13. The third-order valence-corrected chi connectivity index (χ3v) is 5.16. The molecule has 0 bridgehead atoms. The van der Waals surface area contributed by atoms with E-state index in [1.165, 1.54) is 0 Å². The van der Waals surface area contributed by atoms with E-state index in [9.17, 15) is 9.59 Å². The van der Waals surface area contributed by atoms with Gasteiger partial charge in [0.2, 0.25) is 5.91 Å². The zero-order chi connectivity index (χ0) is 18.4. The molecule has 0 spiro atoms. The highest BCUT2D eigenvalue weighted by Crippen LogP contribution is 2.28. The second-order valence-corrected chi connectivity index (χ2v) is 7.31. The molecule has 138 valence electrons. The summed E-state index contributed by atoms with van der Waals surface area (Å²) in [4.78, 5) is 28.1. The van der Waals surface area contributed by atoms with Crippen molar-refractivity contribution in [2.75, 3.05) is 45.2 Å². The fraction of sp³-hybridized carbons (Fsp3) is 0.600. The number of benzene rings is 1. The lowest BCUT2D eigenvalue weighted by Gasteiger charge is -2.36. The lowest BCUT2D eigenvalue weighted by molar-refractivity contribution is -0.126. The van der Waals surface area contributed by atoms with Crippen molar-refractivity contribution in [2.24, 2.45) is 11.8 Å². The molecule has 1 aliphatic rings. The van der Waals surface area contributed by atoms with Crippen molar-refractivity contribution < 1.29 is 9.59 Å². The van der Waals surface area contributed by atoms with E-state index in [1.807, 2.05) is 45.3 Å². The summed E-state index contributed by atoms with van der Waals surface area (Å²) < 4.78 is 0. The Kier molecular flexibility index (Phi) is 7.00. The first kappa shape index (κ1) is 19.4. The molecule has 5 nitrogen and oxygen atoms in total. The monoisotopic (exact) mass is 345 g/mol. The van der Waals surface area contributed by atoms with Crippen LogP contribution >= 0.6 is 0 Å². The van der Waals surface area contributed by atoms with Crippen LogP contribution in [0.1, 0.15) is 37.0 Å². The van der Waals surface area contributed by atoms with Gasteiger partial charge in [0.1, 0.15) is 0 Å². The zero-order valence-corrected chi connectivity index (χ0v) is 15.9. The molecule has 1 unspecified atom stereocenters. The largest absolute Gasteiger partial charge is 0.372 e. The Morgan fingerprint density at radius 1 is 1.20 bits per heavy atom. The Morgan fingerprint density at radius 3 is 2.32 bits per heavy atom. The lowest BCUT2D eigenvalue weighted by atomic mass is 9.84. The lowest BCUT2D eigenvalue weighted by Crippen LogP contribution is -2.41. The van der Waals surface area contributed by atoms with Gasteiger partial charge in [-0.1, -0.05) is 6.92 Å². The summed E-state index contributed by atoms with van der Waals surface area (Å²) in [6.07, 6.45) is 2.05. The van der Waals surface area contributed by atoms with Gasteiger partial charge in [0.05, 0.1) is 0 Å². The first-order valence-electron chi connectivity index (χ1n) is 9.17. The number of Topliss-reactive ketones (excluding diaryl/α,β-unsaturated/α-hetero) is 1. The Morgan fingerprint density at radius 2 is 1.80 bits per heavy atom. The Hall–Kier alpha value is -1.88. The van der Waals surface area contributed by atoms with Gasteiger partial charge < -0.3 is 15.1 Å². The third-order valence-electron chi connectivity index (χ3n) is 5.16. The van der Waals surface area contributed by atoms with Gasteiger partial charge in [-0.3, -0.25) is 9.59 Å². The number of nitrogens with one attached hydrogen (secondary N) is 1. The molecule has 25 heavy (non-hydrogen) atoms. The number of carbonyl (C=O) groups excluding carboxylic acids is 2. The van der Waals surface area contributed by atoms with Crippen LogP contribution in [-0.4, -0.2) is 56.9 Å². The number of rotatable bonds is 7. The molecule has 1 saturated heterocycles. The number of amides is 1. The number of ketones is 1. The van der Waals surface area contributed by atoms with Crippen molar-refractivity contribution in [1.29, 1.82) is 0 Å². The molecule has 1 fully saturated rings. The smallest absolute Gasteiger partial charge is 0.223 e. The molecule has 0 radical (unpaired) electrons. The minimum Gasteiger partial charge on any atom is -0.372 e. The molecule has 0 aromatic heterocycles. The molecule has 0 saturated carbocycles. The van der Waals surface area contributed by atoms with Gasteiger partial charge in [-0.05, 0) is 64.0 Å². The molecule has 1 amide bonds. The van der Waals surface area contributed by atoms with E-state index in [0.29, 0.717) is 12.5 Å². The van der Waals surface area contributed by atoms with Crippen LogP contribution in [0.25, 0.3) is 0 Å². The number of anilines is 1. The van der Waals surface area contributed by atoms with Crippen LogP contribution in [-0.2, 0) is 4.79 Å². The third kappa shape index (κ3) is 5.56. The van der Waals surface area contributed by atoms with E-state index in [4.69, 9.17) is 0 Å². The van der Waals surface area contributed by atoms with E-state index in [1.54, 1.807) is 6.92 Å². The van der Waals surface area contributed by atoms with E-state index in [0.717, 1.165) is 43.7 Å². The van der Waals surface area contributed by atoms with Crippen LogP contribution in [0.15, 0.2) is 24.3 Å². The Balaban J connectivity index is 1.82. The van der Waals surface area contributed by atoms with Crippen LogP contribution in [0, 0.1) is 11.8 Å². The van der Waals surface area contributed by atoms with E-state index < -0.39 is 0 Å². The second kappa shape index (κ2) is 8.99. The van der Waals surface area contributed by atoms with Crippen LogP contribution in [0.3, 0.4) is 0 Å². The molecule has 1 aromatic carbocycles. The number of nitrogens with zero attached hydrogens (tertiary/aromatic N) is 2. The zero-order valence-electron chi connectivity index (χ0n) is 15.9. The summed E-state index contributed by atoms with van der Waals surface area (Å²) in [6, 6.07) is 7.83. The second-order valence-electron chi connectivity index (χ2n) is 7.31. The standard InChI is InChI=1S/C20H31N3O2/c1-15(20(25)21-11-14-22(3)4)17-9-12-23(13-10-17)19-7-5-18(6-8-19)16(2)24/h5-8,15,17H,9-14H2,1-4H3,(H,21,25). The van der Waals surface area contributed by atoms with Crippen LogP contribution in [0.4, 0.5) is 5.69 Å². The number of hydrogen-bond donors (Lipinski definition) is 1. The molecular weight excluding hydrogens is 314 g/mol. The van der Waals surface area contributed by atoms with Gasteiger partial charge in [-0.15, -0.1) is 0 Å². The Bertz CT molecular complexity index is 575. The van der Waals surface area contributed by atoms with Crippen molar-refractivity contribution in [3.8, 4) is 0 Å². The molecule has 1 heterocycles. The first-order valence-corrected chi connectivity index (χ1v) is 9.17. The van der Waals surface area contributed by atoms with Gasteiger partial charge in [0, 0.05) is 43.3 Å². The van der Waals surface area contributed by atoms with Gasteiger partial charge in [-0.25, -0.2) is 0 Å². The highest BCUT2D eigenvalue weighted by Gasteiger charge is 2.28. The fourth-order valence-electron chi connectivity index (χ4n) is 3.34. The molecule has 2 rings (SSSR count). The average Bonchev–Trinajstić information content (AvgIpc) is 2.61. The maximum absolute atomic E-state index is 12.3. The first-order chi connectivity index (χ1) is 11.9. The summed E-state index contributed by atoms with van der Waals surface area (Å²) in [5.74, 6) is 0.766. The predicted molar refractivity (Wildman–Crippen MR) is 102 cm³/mol. The molecule has 5 heteroatoms. The summed E-state index contributed by atoms with van der Waals surface area (Å²) in [5.41, 5.74) is 1.91. The van der Waals surface area contributed by atoms with Crippen molar-refractivity contribution in [3.63, 3.8) is 0 Å². The minimum atomic E-state index is 0.0596. The highest BCUT2D eigenvalue weighted by molar-refractivity contribution is 5.94. The van der Waals surface area contributed by atoms with Crippen molar-refractivity contribution in [2.45, 2.75) is 26.7 Å². The molecule has 1 aromatic rings. The Labute approximate surface area is 151 Å². The van der Waals surface area contributed by atoms with Gasteiger partial charge >= 0.3 is 0 Å². The number of carbonyl (C=O) groups is 2. The highest BCUT2D eigenvalue weighted by atomic mass is 16.1. The van der Waals surface area contributed by atoms with Crippen LogP contribution < -0.4 is 10.2 Å². The average molecular weight is 345 g/mol. The van der Waals surface area contributed by atoms with Crippen molar-refractivity contribution >= 4 is 17.4 Å². The van der Waals surface area contributed by atoms with Gasteiger partial charge in [0.25, 0.3) is 0 Å².